The standard InChI is InChI=1S/C13H13ClN4OS/c1-2-20-13-17-8-10(14)11(18-13)12(19)16-7-9-4-3-5-15-6-9/h3-6,8H,2,7H2,1H3,(H,16,19). The molecule has 7 heteroatoms. The molecule has 0 bridgehead atoms. The molecule has 2 aromatic heterocycles. The predicted molar refractivity (Wildman–Crippen MR) is 78.8 cm³/mol. The van der Waals surface area contributed by atoms with Gasteiger partial charge in [-0.25, -0.2) is 9.97 Å². The molecule has 104 valence electrons. The second kappa shape index (κ2) is 7.21. The number of hydrogen-bond acceptors (Lipinski definition) is 5. The number of carbonyl (C=O) groups excluding carboxylic acids is 1. The van der Waals surface area contributed by atoms with Crippen molar-refractivity contribution in [1.82, 2.24) is 20.3 Å². The van der Waals surface area contributed by atoms with Gasteiger partial charge < -0.3 is 5.32 Å². The number of thioether (sulfide) groups is 1. The molecule has 0 atom stereocenters. The second-order valence-corrected chi connectivity index (χ2v) is 5.46. The topological polar surface area (TPSA) is 67.8 Å². The first kappa shape index (κ1) is 14.7. The van der Waals surface area contributed by atoms with Crippen LogP contribution in [0.15, 0.2) is 35.9 Å². The highest BCUT2D eigenvalue weighted by Crippen LogP contribution is 2.18. The van der Waals surface area contributed by atoms with Gasteiger partial charge in [-0.1, -0.05) is 36.4 Å². The van der Waals surface area contributed by atoms with Crippen LogP contribution in [0.25, 0.3) is 0 Å². The van der Waals surface area contributed by atoms with Crippen LogP contribution in [-0.2, 0) is 6.54 Å². The third kappa shape index (κ3) is 3.91. The molecule has 2 aromatic rings. The zero-order chi connectivity index (χ0) is 14.4. The molecule has 0 saturated heterocycles. The molecule has 0 aliphatic rings. The summed E-state index contributed by atoms with van der Waals surface area (Å²) in [6, 6.07) is 3.70. The minimum absolute atomic E-state index is 0.196. The molecule has 0 unspecified atom stereocenters. The van der Waals surface area contributed by atoms with E-state index < -0.39 is 0 Å². The second-order valence-electron chi connectivity index (χ2n) is 3.83. The third-order valence-corrected chi connectivity index (χ3v) is 3.41. The molecule has 20 heavy (non-hydrogen) atoms. The number of hydrogen-bond donors (Lipinski definition) is 1. The van der Waals surface area contributed by atoms with E-state index in [9.17, 15) is 4.79 Å². The monoisotopic (exact) mass is 308 g/mol. The highest BCUT2D eigenvalue weighted by atomic mass is 35.5. The van der Waals surface area contributed by atoms with E-state index >= 15 is 0 Å². The average Bonchev–Trinajstić information content (AvgIpc) is 2.48. The first-order chi connectivity index (χ1) is 9.70. The van der Waals surface area contributed by atoms with Crippen molar-refractivity contribution >= 4 is 29.3 Å². The fraction of sp³-hybridized carbons (Fsp3) is 0.231. The minimum Gasteiger partial charge on any atom is -0.347 e. The number of pyridine rings is 1. The number of amides is 1. The van der Waals surface area contributed by atoms with Crippen LogP contribution in [0.1, 0.15) is 23.0 Å². The summed E-state index contributed by atoms with van der Waals surface area (Å²) in [6.45, 7) is 2.37. The van der Waals surface area contributed by atoms with Crippen molar-refractivity contribution in [2.75, 3.05) is 5.75 Å². The third-order valence-electron chi connectivity index (χ3n) is 2.39. The molecule has 2 heterocycles. The summed E-state index contributed by atoms with van der Waals surface area (Å²) < 4.78 is 0. The lowest BCUT2D eigenvalue weighted by Crippen LogP contribution is -2.24. The van der Waals surface area contributed by atoms with Crippen LogP contribution in [0.3, 0.4) is 0 Å². The van der Waals surface area contributed by atoms with Crippen LogP contribution in [-0.4, -0.2) is 26.6 Å². The van der Waals surface area contributed by atoms with E-state index in [1.54, 1.807) is 12.4 Å². The maximum Gasteiger partial charge on any atom is 0.271 e. The molecule has 1 N–H and O–H groups in total. The highest BCUT2D eigenvalue weighted by molar-refractivity contribution is 7.99. The highest BCUT2D eigenvalue weighted by Gasteiger charge is 2.14. The molecule has 2 rings (SSSR count). The van der Waals surface area contributed by atoms with Crippen molar-refractivity contribution in [2.24, 2.45) is 0 Å². The van der Waals surface area contributed by atoms with Gasteiger partial charge in [0, 0.05) is 18.9 Å². The molecule has 0 aromatic carbocycles. The first-order valence-corrected chi connectivity index (χ1v) is 7.39. The Morgan fingerprint density at radius 3 is 3.00 bits per heavy atom. The van der Waals surface area contributed by atoms with Gasteiger partial charge in [0.25, 0.3) is 5.91 Å². The fourth-order valence-corrected chi connectivity index (χ4v) is 2.20. The Kier molecular flexibility index (Phi) is 5.31. The number of aromatic nitrogens is 3. The number of nitrogens with one attached hydrogen (secondary N) is 1. The van der Waals surface area contributed by atoms with E-state index in [0.717, 1.165) is 11.3 Å². The summed E-state index contributed by atoms with van der Waals surface area (Å²) in [4.78, 5) is 24.3. The molecule has 5 nitrogen and oxygen atoms in total. The minimum atomic E-state index is -0.320. The molecule has 1 amide bonds. The summed E-state index contributed by atoms with van der Waals surface area (Å²) in [7, 11) is 0. The van der Waals surface area contributed by atoms with Gasteiger partial charge in [-0.2, -0.15) is 0 Å². The van der Waals surface area contributed by atoms with Crippen molar-refractivity contribution in [1.29, 1.82) is 0 Å². The van der Waals surface area contributed by atoms with Crippen molar-refractivity contribution in [3.05, 3.63) is 47.0 Å². The van der Waals surface area contributed by atoms with Crippen LogP contribution in [0.4, 0.5) is 0 Å². The van der Waals surface area contributed by atoms with Crippen molar-refractivity contribution < 1.29 is 4.79 Å². The van der Waals surface area contributed by atoms with Gasteiger partial charge in [-0.15, -0.1) is 0 Å². The van der Waals surface area contributed by atoms with Gasteiger partial charge in [-0.3, -0.25) is 9.78 Å². The van der Waals surface area contributed by atoms with Crippen LogP contribution in [0, 0.1) is 0 Å². The van der Waals surface area contributed by atoms with Crippen molar-refractivity contribution in [3.63, 3.8) is 0 Å². The fourth-order valence-electron chi connectivity index (χ4n) is 1.48. The lowest BCUT2D eigenvalue weighted by molar-refractivity contribution is 0.0945. The Bertz CT molecular complexity index is 594. The maximum atomic E-state index is 12.1. The van der Waals surface area contributed by atoms with E-state index in [1.165, 1.54) is 18.0 Å². The largest absolute Gasteiger partial charge is 0.347 e. The number of rotatable bonds is 5. The van der Waals surface area contributed by atoms with Gasteiger partial charge in [0.05, 0.1) is 11.2 Å². The van der Waals surface area contributed by atoms with Crippen LogP contribution >= 0.6 is 23.4 Å². The Hall–Kier alpha value is -1.66. The summed E-state index contributed by atoms with van der Waals surface area (Å²) in [5.41, 5.74) is 1.11. The van der Waals surface area contributed by atoms with Crippen LogP contribution in [0.2, 0.25) is 5.02 Å². The van der Waals surface area contributed by atoms with Crippen LogP contribution < -0.4 is 5.32 Å². The molecule has 0 aliphatic heterocycles. The molecular formula is C13H13ClN4OS. The summed E-state index contributed by atoms with van der Waals surface area (Å²) in [6.07, 6.45) is 4.83. The van der Waals surface area contributed by atoms with Gasteiger partial charge in [0.15, 0.2) is 10.9 Å². The zero-order valence-electron chi connectivity index (χ0n) is 10.8. The molecular weight excluding hydrogens is 296 g/mol. The molecule has 0 saturated carbocycles. The maximum absolute atomic E-state index is 12.1. The van der Waals surface area contributed by atoms with E-state index in [0.29, 0.717) is 11.7 Å². The summed E-state index contributed by atoms with van der Waals surface area (Å²) in [5.74, 6) is 0.512. The summed E-state index contributed by atoms with van der Waals surface area (Å²) >= 11 is 7.42. The van der Waals surface area contributed by atoms with Crippen LogP contribution in [0.5, 0.6) is 0 Å². The molecule has 0 radical (unpaired) electrons. The van der Waals surface area contributed by atoms with Gasteiger partial charge >= 0.3 is 0 Å². The summed E-state index contributed by atoms with van der Waals surface area (Å²) in [5, 5.41) is 3.55. The van der Waals surface area contributed by atoms with E-state index in [2.05, 4.69) is 20.3 Å². The molecule has 0 fully saturated rings. The van der Waals surface area contributed by atoms with Gasteiger partial charge in [-0.05, 0) is 17.4 Å². The number of nitrogens with zero attached hydrogens (tertiary/aromatic N) is 3. The zero-order valence-corrected chi connectivity index (χ0v) is 12.4. The van der Waals surface area contributed by atoms with E-state index in [1.807, 2.05) is 19.1 Å². The number of carbonyl (C=O) groups is 1. The number of halogens is 1. The lowest BCUT2D eigenvalue weighted by atomic mass is 10.3. The van der Waals surface area contributed by atoms with E-state index in [4.69, 9.17) is 11.6 Å². The predicted octanol–water partition coefficient (Wildman–Crippen LogP) is 2.57. The normalized spacial score (nSPS) is 10.3. The quantitative estimate of drug-likeness (QED) is 0.679. The Balaban J connectivity index is 2.06. The lowest BCUT2D eigenvalue weighted by Gasteiger charge is -2.07. The Labute approximate surface area is 126 Å². The Morgan fingerprint density at radius 1 is 1.45 bits per heavy atom. The Morgan fingerprint density at radius 2 is 2.30 bits per heavy atom. The molecule has 0 aliphatic carbocycles. The molecule has 0 spiro atoms. The van der Waals surface area contributed by atoms with E-state index in [-0.39, 0.29) is 16.6 Å². The van der Waals surface area contributed by atoms with Gasteiger partial charge in [0.2, 0.25) is 0 Å². The SMILES string of the molecule is CCSc1ncc(Cl)c(C(=O)NCc2cccnc2)n1. The van der Waals surface area contributed by atoms with Crippen molar-refractivity contribution in [3.8, 4) is 0 Å². The van der Waals surface area contributed by atoms with Crippen molar-refractivity contribution in [2.45, 2.75) is 18.6 Å². The average molecular weight is 309 g/mol. The van der Waals surface area contributed by atoms with Gasteiger partial charge in [0.1, 0.15) is 0 Å². The smallest absolute Gasteiger partial charge is 0.271 e. The first-order valence-electron chi connectivity index (χ1n) is 6.03.